The fourth-order valence-corrected chi connectivity index (χ4v) is 2.57. The van der Waals surface area contributed by atoms with Crippen LogP contribution < -0.4 is 20.7 Å². The zero-order valence-electron chi connectivity index (χ0n) is 16.0. The van der Waals surface area contributed by atoms with Crippen LogP contribution in [0.25, 0.3) is 0 Å². The molecular weight excluding hydrogens is 462 g/mol. The number of carbonyl (C=O) groups excluding carboxylic acids is 1. The van der Waals surface area contributed by atoms with Gasteiger partial charge in [0.05, 0.1) is 6.54 Å². The van der Waals surface area contributed by atoms with Crippen LogP contribution in [0.2, 0.25) is 0 Å². The van der Waals surface area contributed by atoms with Gasteiger partial charge in [-0.25, -0.2) is 4.39 Å². The Morgan fingerprint density at radius 2 is 1.89 bits per heavy atom. The lowest BCUT2D eigenvalue weighted by Gasteiger charge is -2.24. The molecule has 1 atom stereocenters. The summed E-state index contributed by atoms with van der Waals surface area (Å²) in [6.07, 6.45) is 3.96. The van der Waals surface area contributed by atoms with Crippen molar-refractivity contribution in [3.8, 4) is 5.75 Å². The molecule has 0 saturated heterocycles. The number of benzene rings is 1. The van der Waals surface area contributed by atoms with Crippen molar-refractivity contribution in [2.75, 3.05) is 26.7 Å². The minimum Gasteiger partial charge on any atom is -0.489 e. The van der Waals surface area contributed by atoms with Crippen LogP contribution in [-0.2, 0) is 4.79 Å². The van der Waals surface area contributed by atoms with Crippen LogP contribution in [0.4, 0.5) is 4.39 Å². The Morgan fingerprint density at radius 3 is 2.48 bits per heavy atom. The zero-order valence-corrected chi connectivity index (χ0v) is 18.3. The number of halogens is 2. The van der Waals surface area contributed by atoms with E-state index in [4.69, 9.17) is 4.74 Å². The van der Waals surface area contributed by atoms with Crippen molar-refractivity contribution in [1.29, 1.82) is 0 Å². The van der Waals surface area contributed by atoms with Gasteiger partial charge in [-0.05, 0) is 50.5 Å². The molecular formula is C19H30FIN4O2. The van der Waals surface area contributed by atoms with Crippen LogP contribution in [0.5, 0.6) is 5.75 Å². The van der Waals surface area contributed by atoms with Gasteiger partial charge in [0.15, 0.2) is 5.96 Å². The molecule has 3 N–H and O–H groups in total. The van der Waals surface area contributed by atoms with Crippen molar-refractivity contribution in [2.24, 2.45) is 10.9 Å². The predicted octanol–water partition coefficient (Wildman–Crippen LogP) is 2.68. The first-order chi connectivity index (χ1) is 12.6. The Hall–Kier alpha value is -1.58. The molecule has 1 aliphatic rings. The van der Waals surface area contributed by atoms with Crippen molar-refractivity contribution in [1.82, 2.24) is 16.0 Å². The van der Waals surface area contributed by atoms with Crippen molar-refractivity contribution >= 4 is 35.8 Å². The number of nitrogens with one attached hydrogen (secondary N) is 3. The van der Waals surface area contributed by atoms with Crippen molar-refractivity contribution in [3.05, 3.63) is 30.1 Å². The highest BCUT2D eigenvalue weighted by Gasteiger charge is 2.24. The summed E-state index contributed by atoms with van der Waals surface area (Å²) in [6.45, 7) is 3.89. The van der Waals surface area contributed by atoms with E-state index in [1.807, 2.05) is 6.92 Å². The van der Waals surface area contributed by atoms with Gasteiger partial charge in [0.2, 0.25) is 5.91 Å². The number of rotatable bonds is 9. The van der Waals surface area contributed by atoms with E-state index in [0.29, 0.717) is 24.8 Å². The first-order valence-corrected chi connectivity index (χ1v) is 9.23. The second-order valence-corrected chi connectivity index (χ2v) is 6.53. The summed E-state index contributed by atoms with van der Waals surface area (Å²) in [6, 6.07) is 5.97. The number of hydrogen-bond acceptors (Lipinski definition) is 3. The van der Waals surface area contributed by atoms with Crippen LogP contribution in [0.15, 0.2) is 29.3 Å². The fourth-order valence-electron chi connectivity index (χ4n) is 2.57. The van der Waals surface area contributed by atoms with Gasteiger partial charge in [-0.3, -0.25) is 9.79 Å². The molecule has 0 aromatic heterocycles. The molecule has 2 rings (SSSR count). The zero-order chi connectivity index (χ0) is 18.8. The average Bonchev–Trinajstić information content (AvgIpc) is 2.57. The van der Waals surface area contributed by atoms with Crippen LogP contribution >= 0.6 is 24.0 Å². The molecule has 1 aliphatic carbocycles. The SMILES string of the molecule is CN=C(NCCCNC(=O)C1CCC1)NCC(C)Oc1ccc(F)cc1.I. The predicted molar refractivity (Wildman–Crippen MR) is 116 cm³/mol. The summed E-state index contributed by atoms with van der Waals surface area (Å²) in [5.41, 5.74) is 0. The van der Waals surface area contributed by atoms with Crippen LogP contribution in [0.1, 0.15) is 32.6 Å². The monoisotopic (exact) mass is 492 g/mol. The number of ether oxygens (including phenoxy) is 1. The van der Waals surface area contributed by atoms with E-state index in [9.17, 15) is 9.18 Å². The molecule has 1 fully saturated rings. The van der Waals surface area contributed by atoms with E-state index in [1.165, 1.54) is 18.6 Å². The summed E-state index contributed by atoms with van der Waals surface area (Å²) in [5, 5.41) is 9.37. The molecule has 1 saturated carbocycles. The molecule has 6 nitrogen and oxygen atoms in total. The Balaban J connectivity index is 0.00000364. The third-order valence-electron chi connectivity index (χ3n) is 4.35. The van der Waals surface area contributed by atoms with E-state index < -0.39 is 0 Å². The quantitative estimate of drug-likeness (QED) is 0.215. The minimum atomic E-state index is -0.281. The number of guanidine groups is 1. The van der Waals surface area contributed by atoms with Gasteiger partial charge in [-0.2, -0.15) is 0 Å². The molecule has 0 spiro atoms. The maximum absolute atomic E-state index is 12.9. The van der Waals surface area contributed by atoms with E-state index in [-0.39, 0.29) is 47.7 Å². The Kier molecular flexibility index (Phi) is 11.1. The second-order valence-electron chi connectivity index (χ2n) is 6.53. The first kappa shape index (κ1) is 23.5. The Labute approximate surface area is 177 Å². The lowest BCUT2D eigenvalue weighted by atomic mass is 9.85. The summed E-state index contributed by atoms with van der Waals surface area (Å²) in [4.78, 5) is 15.9. The second kappa shape index (κ2) is 12.7. The fraction of sp³-hybridized carbons (Fsp3) is 0.579. The molecule has 0 aliphatic heterocycles. The van der Waals surface area contributed by atoms with Gasteiger partial charge < -0.3 is 20.7 Å². The van der Waals surface area contributed by atoms with Crippen LogP contribution in [0, 0.1) is 11.7 Å². The van der Waals surface area contributed by atoms with E-state index in [2.05, 4.69) is 20.9 Å². The van der Waals surface area contributed by atoms with Gasteiger partial charge in [0, 0.05) is 26.1 Å². The number of hydrogen-bond donors (Lipinski definition) is 3. The molecule has 1 unspecified atom stereocenters. The van der Waals surface area contributed by atoms with Gasteiger partial charge in [-0.1, -0.05) is 6.42 Å². The summed E-state index contributed by atoms with van der Waals surface area (Å²) in [7, 11) is 1.71. The summed E-state index contributed by atoms with van der Waals surface area (Å²) in [5.74, 6) is 1.46. The molecule has 1 amide bonds. The number of carbonyl (C=O) groups is 1. The molecule has 1 aromatic carbocycles. The molecule has 0 bridgehead atoms. The molecule has 152 valence electrons. The topological polar surface area (TPSA) is 74.8 Å². The van der Waals surface area contributed by atoms with E-state index in [1.54, 1.807) is 19.2 Å². The number of aliphatic imine (C=N–C) groups is 1. The largest absolute Gasteiger partial charge is 0.489 e. The highest BCUT2D eigenvalue weighted by atomic mass is 127. The number of nitrogens with zero attached hydrogens (tertiary/aromatic N) is 1. The van der Waals surface area contributed by atoms with Crippen LogP contribution in [0.3, 0.4) is 0 Å². The lowest BCUT2D eigenvalue weighted by Crippen LogP contribution is -2.43. The van der Waals surface area contributed by atoms with E-state index in [0.717, 1.165) is 25.8 Å². The average molecular weight is 492 g/mol. The summed E-state index contributed by atoms with van der Waals surface area (Å²) >= 11 is 0. The highest BCUT2D eigenvalue weighted by molar-refractivity contribution is 14.0. The molecule has 8 heteroatoms. The molecule has 1 aromatic rings. The smallest absolute Gasteiger partial charge is 0.223 e. The molecule has 27 heavy (non-hydrogen) atoms. The standard InChI is InChI=1S/C19H29FN4O2.HI/c1-14(26-17-9-7-16(20)8-10-17)13-24-19(21-2)23-12-4-11-22-18(25)15-5-3-6-15;/h7-10,14-15H,3-6,11-13H2,1-2H3,(H,22,25)(H2,21,23,24);1H. The summed E-state index contributed by atoms with van der Waals surface area (Å²) < 4.78 is 18.6. The van der Waals surface area contributed by atoms with Gasteiger partial charge >= 0.3 is 0 Å². The van der Waals surface area contributed by atoms with Crippen LogP contribution in [-0.4, -0.2) is 44.7 Å². The van der Waals surface area contributed by atoms with Crippen molar-refractivity contribution in [3.63, 3.8) is 0 Å². The van der Waals surface area contributed by atoms with Gasteiger partial charge in [0.1, 0.15) is 17.7 Å². The maximum atomic E-state index is 12.9. The van der Waals surface area contributed by atoms with Crippen molar-refractivity contribution in [2.45, 2.75) is 38.7 Å². The first-order valence-electron chi connectivity index (χ1n) is 9.23. The van der Waals surface area contributed by atoms with Gasteiger partial charge in [-0.15, -0.1) is 24.0 Å². The minimum absolute atomic E-state index is 0. The highest BCUT2D eigenvalue weighted by Crippen LogP contribution is 2.25. The van der Waals surface area contributed by atoms with Gasteiger partial charge in [0.25, 0.3) is 0 Å². The normalized spacial score (nSPS) is 15.1. The maximum Gasteiger partial charge on any atom is 0.223 e. The number of amides is 1. The third kappa shape index (κ3) is 8.77. The van der Waals surface area contributed by atoms with E-state index >= 15 is 0 Å². The Morgan fingerprint density at radius 1 is 1.22 bits per heavy atom. The third-order valence-corrected chi connectivity index (χ3v) is 4.35. The molecule has 0 heterocycles. The Bertz CT molecular complexity index is 594. The molecule has 0 radical (unpaired) electrons. The van der Waals surface area contributed by atoms with Crippen molar-refractivity contribution < 1.29 is 13.9 Å². The lowest BCUT2D eigenvalue weighted by molar-refractivity contribution is -0.127.